The Bertz CT molecular complexity index is 939. The molecule has 0 fully saturated rings. The van der Waals surface area contributed by atoms with Crippen molar-refractivity contribution in [1.29, 1.82) is 0 Å². The molecule has 0 saturated carbocycles. The lowest BCUT2D eigenvalue weighted by molar-refractivity contribution is 0.931. The average Bonchev–Trinajstić information content (AvgIpc) is 3.04. The van der Waals surface area contributed by atoms with E-state index < -0.39 is 0 Å². The first-order valence-corrected chi connectivity index (χ1v) is 6.24. The number of rotatable bonds is 1. The molecule has 0 aromatic carbocycles. The zero-order chi connectivity index (χ0) is 13.7. The molecule has 4 rings (SSSR count). The predicted molar refractivity (Wildman–Crippen MR) is 74.2 cm³/mol. The van der Waals surface area contributed by atoms with E-state index in [1.807, 2.05) is 17.7 Å². The van der Waals surface area contributed by atoms with Gasteiger partial charge in [0.25, 0.3) is 0 Å². The van der Waals surface area contributed by atoms with E-state index in [-0.39, 0.29) is 5.28 Å². The highest BCUT2D eigenvalue weighted by atomic mass is 35.5. The van der Waals surface area contributed by atoms with Crippen LogP contribution in [0.25, 0.3) is 33.6 Å². The van der Waals surface area contributed by atoms with Crippen LogP contribution in [0.15, 0.2) is 24.9 Å². The van der Waals surface area contributed by atoms with E-state index in [4.69, 9.17) is 11.6 Å². The molecule has 4 heterocycles. The first-order chi connectivity index (χ1) is 9.72. The zero-order valence-corrected chi connectivity index (χ0v) is 11.1. The maximum Gasteiger partial charge on any atom is 0.225 e. The molecule has 4 aromatic rings. The van der Waals surface area contributed by atoms with E-state index in [2.05, 4.69) is 29.9 Å². The first-order valence-electron chi connectivity index (χ1n) is 5.86. The standard InChI is InChI=1S/C12H8ClN7/c1-20-5-17-7-2-6(3-14-11(7)20)8-9-10(16-4-15-9)19-12(13)18-8/h2-5H,1H3,(H,15,16,18,19). The number of imidazole rings is 2. The number of aromatic nitrogens is 7. The van der Waals surface area contributed by atoms with Crippen molar-refractivity contribution in [2.24, 2.45) is 7.05 Å². The number of hydrogen-bond donors (Lipinski definition) is 1. The van der Waals surface area contributed by atoms with Crippen LogP contribution in [-0.2, 0) is 7.05 Å². The molecule has 7 nitrogen and oxygen atoms in total. The summed E-state index contributed by atoms with van der Waals surface area (Å²) in [6, 6.07) is 1.92. The molecule has 20 heavy (non-hydrogen) atoms. The van der Waals surface area contributed by atoms with E-state index in [1.165, 1.54) is 0 Å². The number of halogens is 1. The van der Waals surface area contributed by atoms with Gasteiger partial charge in [0.2, 0.25) is 5.28 Å². The van der Waals surface area contributed by atoms with Crippen LogP contribution in [0.3, 0.4) is 0 Å². The third kappa shape index (κ3) is 1.56. The summed E-state index contributed by atoms with van der Waals surface area (Å²) in [5.74, 6) is 0. The maximum absolute atomic E-state index is 5.94. The molecule has 0 atom stereocenters. The summed E-state index contributed by atoms with van der Waals surface area (Å²) >= 11 is 5.94. The molecule has 8 heteroatoms. The van der Waals surface area contributed by atoms with Crippen LogP contribution in [-0.4, -0.2) is 34.5 Å². The quantitative estimate of drug-likeness (QED) is 0.540. The van der Waals surface area contributed by atoms with Crippen LogP contribution in [0.1, 0.15) is 0 Å². The molecule has 0 aliphatic heterocycles. The van der Waals surface area contributed by atoms with Gasteiger partial charge in [-0.3, -0.25) is 0 Å². The largest absolute Gasteiger partial charge is 0.341 e. The van der Waals surface area contributed by atoms with Gasteiger partial charge in [-0.05, 0) is 17.7 Å². The van der Waals surface area contributed by atoms with Gasteiger partial charge in [0.05, 0.1) is 12.7 Å². The second-order valence-electron chi connectivity index (χ2n) is 4.36. The van der Waals surface area contributed by atoms with E-state index >= 15 is 0 Å². The number of aryl methyl sites for hydroxylation is 1. The summed E-state index contributed by atoms with van der Waals surface area (Å²) in [7, 11) is 1.90. The van der Waals surface area contributed by atoms with Gasteiger partial charge in [0.1, 0.15) is 16.7 Å². The third-order valence-corrected chi connectivity index (χ3v) is 3.25. The molecular weight excluding hydrogens is 278 g/mol. The minimum Gasteiger partial charge on any atom is -0.341 e. The maximum atomic E-state index is 5.94. The molecule has 0 aliphatic carbocycles. The van der Waals surface area contributed by atoms with E-state index in [0.29, 0.717) is 11.3 Å². The molecule has 0 aliphatic rings. The Kier molecular flexibility index (Phi) is 2.25. The van der Waals surface area contributed by atoms with Gasteiger partial charge in [-0.2, -0.15) is 4.98 Å². The zero-order valence-electron chi connectivity index (χ0n) is 10.4. The summed E-state index contributed by atoms with van der Waals surface area (Å²) in [6.07, 6.45) is 5.02. The molecule has 0 radical (unpaired) electrons. The van der Waals surface area contributed by atoms with Gasteiger partial charge in [-0.1, -0.05) is 0 Å². The Morgan fingerprint density at radius 1 is 1.20 bits per heavy atom. The second kappa shape index (κ2) is 3.97. The lowest BCUT2D eigenvalue weighted by atomic mass is 10.2. The van der Waals surface area contributed by atoms with E-state index in [9.17, 15) is 0 Å². The third-order valence-electron chi connectivity index (χ3n) is 3.08. The minimum absolute atomic E-state index is 0.153. The van der Waals surface area contributed by atoms with Crippen molar-refractivity contribution in [2.45, 2.75) is 0 Å². The van der Waals surface area contributed by atoms with Crippen LogP contribution in [0, 0.1) is 0 Å². The van der Waals surface area contributed by atoms with Crippen LogP contribution >= 0.6 is 11.6 Å². The molecule has 4 aromatic heterocycles. The molecule has 1 N–H and O–H groups in total. The summed E-state index contributed by atoms with van der Waals surface area (Å²) in [5.41, 5.74) is 4.35. The van der Waals surface area contributed by atoms with Gasteiger partial charge < -0.3 is 9.55 Å². The second-order valence-corrected chi connectivity index (χ2v) is 4.70. The molecule has 0 unspecified atom stereocenters. The van der Waals surface area contributed by atoms with Crippen molar-refractivity contribution < 1.29 is 0 Å². The van der Waals surface area contributed by atoms with Crippen LogP contribution in [0.4, 0.5) is 0 Å². The van der Waals surface area contributed by atoms with Crippen LogP contribution < -0.4 is 0 Å². The fraction of sp³-hybridized carbons (Fsp3) is 0.0833. The van der Waals surface area contributed by atoms with Crippen molar-refractivity contribution in [1.82, 2.24) is 34.5 Å². The summed E-state index contributed by atoms with van der Waals surface area (Å²) < 4.78 is 1.86. The molecule has 0 spiro atoms. The van der Waals surface area contributed by atoms with Gasteiger partial charge >= 0.3 is 0 Å². The van der Waals surface area contributed by atoms with Crippen molar-refractivity contribution in [3.8, 4) is 11.3 Å². The van der Waals surface area contributed by atoms with Gasteiger partial charge in [0.15, 0.2) is 11.3 Å². The van der Waals surface area contributed by atoms with E-state index in [1.54, 1.807) is 18.9 Å². The normalized spacial score (nSPS) is 11.5. The first kappa shape index (κ1) is 11.3. The Morgan fingerprint density at radius 2 is 2.10 bits per heavy atom. The number of H-pyrrole nitrogens is 1. The molecule has 0 amide bonds. The highest BCUT2D eigenvalue weighted by molar-refractivity contribution is 6.28. The fourth-order valence-corrected chi connectivity index (χ4v) is 2.33. The van der Waals surface area contributed by atoms with E-state index in [0.717, 1.165) is 22.2 Å². The lowest BCUT2D eigenvalue weighted by Crippen LogP contribution is -1.93. The van der Waals surface area contributed by atoms with Crippen LogP contribution in [0.5, 0.6) is 0 Å². The highest BCUT2D eigenvalue weighted by Gasteiger charge is 2.13. The number of nitrogens with zero attached hydrogens (tertiary/aromatic N) is 6. The number of nitrogens with one attached hydrogen (secondary N) is 1. The Balaban J connectivity index is 2.02. The van der Waals surface area contributed by atoms with Gasteiger partial charge in [-0.15, -0.1) is 0 Å². The number of aromatic amines is 1. The molecular formula is C12H8ClN7. The minimum atomic E-state index is 0.153. The number of hydrogen-bond acceptors (Lipinski definition) is 5. The van der Waals surface area contributed by atoms with Crippen molar-refractivity contribution in [2.75, 3.05) is 0 Å². The lowest BCUT2D eigenvalue weighted by Gasteiger charge is -2.02. The van der Waals surface area contributed by atoms with Crippen molar-refractivity contribution in [3.05, 3.63) is 30.2 Å². The Hall–Kier alpha value is -2.54. The smallest absolute Gasteiger partial charge is 0.225 e. The summed E-state index contributed by atoms with van der Waals surface area (Å²) in [6.45, 7) is 0. The molecule has 0 bridgehead atoms. The summed E-state index contributed by atoms with van der Waals surface area (Å²) in [4.78, 5) is 24.1. The summed E-state index contributed by atoms with van der Waals surface area (Å²) in [5, 5.41) is 0.153. The van der Waals surface area contributed by atoms with Crippen molar-refractivity contribution in [3.63, 3.8) is 0 Å². The van der Waals surface area contributed by atoms with Crippen molar-refractivity contribution >= 4 is 33.9 Å². The molecule has 0 saturated heterocycles. The SMILES string of the molecule is Cn1cnc2cc(-c3nc(Cl)nc4nc[nH]c34)cnc21. The Morgan fingerprint density at radius 3 is 3.00 bits per heavy atom. The average molecular weight is 286 g/mol. The van der Waals surface area contributed by atoms with Gasteiger partial charge in [-0.25, -0.2) is 19.9 Å². The molecule has 98 valence electrons. The topological polar surface area (TPSA) is 85.2 Å². The Labute approximate surface area is 117 Å². The van der Waals surface area contributed by atoms with Gasteiger partial charge in [0, 0.05) is 18.8 Å². The van der Waals surface area contributed by atoms with Crippen LogP contribution in [0.2, 0.25) is 5.28 Å². The number of fused-ring (bicyclic) bond motifs is 2. The highest BCUT2D eigenvalue weighted by Crippen LogP contribution is 2.26. The fourth-order valence-electron chi connectivity index (χ4n) is 2.16. The predicted octanol–water partition coefficient (Wildman–Crippen LogP) is 1.95. The number of pyridine rings is 1. The monoisotopic (exact) mass is 285 g/mol.